The Morgan fingerprint density at radius 2 is 1.84 bits per heavy atom. The summed E-state index contributed by atoms with van der Waals surface area (Å²) >= 11 is 1.13. The molecule has 11 heteroatoms. The van der Waals surface area contributed by atoms with Crippen LogP contribution in [0.1, 0.15) is 9.67 Å². The molecular weight excluding hydrogens is 452 g/mol. The van der Waals surface area contributed by atoms with Crippen LogP contribution < -0.4 is 10.9 Å². The van der Waals surface area contributed by atoms with Gasteiger partial charge in [0.25, 0.3) is 11.5 Å². The number of ether oxygens (including phenoxy) is 1. The van der Waals surface area contributed by atoms with Crippen LogP contribution in [0.15, 0.2) is 64.4 Å². The second kappa shape index (κ2) is 8.10. The molecule has 1 amide bonds. The highest BCUT2D eigenvalue weighted by Gasteiger charge is 2.26. The van der Waals surface area contributed by atoms with Gasteiger partial charge in [-0.1, -0.05) is 6.07 Å². The first-order chi connectivity index (χ1) is 15.4. The number of aromatic nitrogens is 2. The number of hydrogen-bond acceptors (Lipinski definition) is 7. The molecule has 0 aliphatic carbocycles. The van der Waals surface area contributed by atoms with E-state index < -0.39 is 15.9 Å². The second-order valence-corrected chi connectivity index (χ2v) is 10.1. The molecule has 32 heavy (non-hydrogen) atoms. The van der Waals surface area contributed by atoms with Gasteiger partial charge in [0, 0.05) is 25.0 Å². The topological polar surface area (TPSA) is 110 Å². The van der Waals surface area contributed by atoms with E-state index in [1.54, 1.807) is 36.5 Å². The molecule has 0 saturated carbocycles. The van der Waals surface area contributed by atoms with Crippen molar-refractivity contribution in [2.75, 3.05) is 31.6 Å². The van der Waals surface area contributed by atoms with E-state index in [4.69, 9.17) is 4.74 Å². The summed E-state index contributed by atoms with van der Waals surface area (Å²) in [4.78, 5) is 30.8. The number of hydrogen-bond donors (Lipinski definition) is 1. The molecule has 1 aromatic carbocycles. The molecule has 1 fully saturated rings. The Morgan fingerprint density at radius 3 is 2.59 bits per heavy atom. The number of fused-ring (bicyclic) bond motifs is 2. The third-order valence-corrected chi connectivity index (χ3v) is 8.10. The van der Waals surface area contributed by atoms with Gasteiger partial charge in [-0.15, -0.1) is 11.3 Å². The minimum absolute atomic E-state index is 0.156. The number of pyridine rings is 1. The van der Waals surface area contributed by atoms with E-state index >= 15 is 0 Å². The fourth-order valence-corrected chi connectivity index (χ4v) is 5.83. The van der Waals surface area contributed by atoms with Gasteiger partial charge in [-0.3, -0.25) is 14.0 Å². The van der Waals surface area contributed by atoms with E-state index in [9.17, 15) is 18.0 Å². The first-order valence-corrected chi connectivity index (χ1v) is 12.1. The van der Waals surface area contributed by atoms with Crippen molar-refractivity contribution in [1.29, 1.82) is 0 Å². The van der Waals surface area contributed by atoms with Crippen LogP contribution in [0.25, 0.3) is 15.9 Å². The number of anilines is 1. The van der Waals surface area contributed by atoms with Gasteiger partial charge >= 0.3 is 0 Å². The van der Waals surface area contributed by atoms with Gasteiger partial charge < -0.3 is 10.1 Å². The van der Waals surface area contributed by atoms with Crippen LogP contribution in [0.2, 0.25) is 0 Å². The smallest absolute Gasteiger partial charge is 0.266 e. The minimum Gasteiger partial charge on any atom is -0.379 e. The van der Waals surface area contributed by atoms with Gasteiger partial charge in [-0.2, -0.15) is 4.31 Å². The number of benzene rings is 1. The Hall–Kier alpha value is -3.12. The number of carbonyl (C=O) groups is 1. The predicted molar refractivity (Wildman–Crippen MR) is 121 cm³/mol. The maximum Gasteiger partial charge on any atom is 0.266 e. The minimum atomic E-state index is -3.60. The molecule has 5 rings (SSSR count). The summed E-state index contributed by atoms with van der Waals surface area (Å²) in [6.45, 7) is 1.37. The van der Waals surface area contributed by atoms with Crippen molar-refractivity contribution in [3.63, 3.8) is 0 Å². The van der Waals surface area contributed by atoms with Gasteiger partial charge in [-0.05, 0) is 42.5 Å². The Labute approximate surface area is 186 Å². The van der Waals surface area contributed by atoms with E-state index in [1.807, 2.05) is 0 Å². The number of rotatable bonds is 4. The van der Waals surface area contributed by atoms with Crippen LogP contribution in [0, 0.1) is 0 Å². The van der Waals surface area contributed by atoms with Crippen LogP contribution in [-0.4, -0.2) is 54.3 Å². The van der Waals surface area contributed by atoms with Gasteiger partial charge in [0.05, 0.1) is 28.4 Å². The lowest BCUT2D eigenvalue weighted by molar-refractivity contribution is 0.0730. The number of thiophene rings is 1. The summed E-state index contributed by atoms with van der Waals surface area (Å²) in [7, 11) is -3.60. The van der Waals surface area contributed by atoms with Crippen molar-refractivity contribution < 1.29 is 17.9 Å². The molecule has 9 nitrogen and oxygen atoms in total. The Balaban J connectivity index is 1.38. The number of carbonyl (C=O) groups excluding carboxylic acids is 1. The standard InChI is InChI=1S/C21H18N4O5S2/c26-19(17-13-16-20(31-17)23-18-3-1-2-8-25(18)21(16)27)22-14-4-6-15(7-5-14)32(28,29)24-9-11-30-12-10-24/h1-8,13H,9-12H2,(H,22,26). The molecule has 0 atom stereocenters. The summed E-state index contributed by atoms with van der Waals surface area (Å²) < 4.78 is 33.5. The highest BCUT2D eigenvalue weighted by molar-refractivity contribution is 7.89. The third-order valence-electron chi connectivity index (χ3n) is 5.16. The van der Waals surface area contributed by atoms with Crippen molar-refractivity contribution in [1.82, 2.24) is 13.7 Å². The van der Waals surface area contributed by atoms with Crippen molar-refractivity contribution in [3.8, 4) is 0 Å². The number of amides is 1. The lowest BCUT2D eigenvalue weighted by atomic mass is 10.3. The van der Waals surface area contributed by atoms with E-state index in [-0.39, 0.29) is 10.5 Å². The molecule has 164 valence electrons. The molecule has 4 aromatic rings. The van der Waals surface area contributed by atoms with Crippen molar-refractivity contribution in [2.45, 2.75) is 4.90 Å². The summed E-state index contributed by atoms with van der Waals surface area (Å²) in [5.74, 6) is -0.398. The molecule has 4 heterocycles. The Kier molecular flexibility index (Phi) is 5.25. The predicted octanol–water partition coefficient (Wildman–Crippen LogP) is 2.18. The fraction of sp³-hybridized carbons (Fsp3) is 0.190. The molecule has 0 radical (unpaired) electrons. The maximum atomic E-state index is 12.7. The van der Waals surface area contributed by atoms with Crippen LogP contribution in [0.5, 0.6) is 0 Å². The zero-order valence-corrected chi connectivity index (χ0v) is 18.4. The van der Waals surface area contributed by atoms with Crippen LogP contribution in [-0.2, 0) is 14.8 Å². The van der Waals surface area contributed by atoms with Gasteiger partial charge in [-0.25, -0.2) is 13.4 Å². The molecule has 3 aromatic heterocycles. The van der Waals surface area contributed by atoms with Gasteiger partial charge in [0.2, 0.25) is 10.0 Å². The monoisotopic (exact) mass is 470 g/mol. The van der Waals surface area contributed by atoms with Crippen LogP contribution in [0.3, 0.4) is 0 Å². The van der Waals surface area contributed by atoms with Crippen molar-refractivity contribution >= 4 is 48.8 Å². The van der Waals surface area contributed by atoms with Crippen LogP contribution in [0.4, 0.5) is 5.69 Å². The summed E-state index contributed by atoms with van der Waals surface area (Å²) in [5, 5.41) is 3.12. The quantitative estimate of drug-likeness (QED) is 0.490. The van der Waals surface area contributed by atoms with E-state index in [1.165, 1.54) is 26.9 Å². The van der Waals surface area contributed by atoms with Crippen molar-refractivity contribution in [3.05, 3.63) is 70.0 Å². The molecule has 0 unspecified atom stereocenters. The first-order valence-electron chi connectivity index (χ1n) is 9.84. The number of morpholine rings is 1. The summed E-state index contributed by atoms with van der Waals surface area (Å²) in [6.07, 6.45) is 1.63. The summed E-state index contributed by atoms with van der Waals surface area (Å²) in [6, 6.07) is 12.8. The molecular formula is C21H18N4O5S2. The number of nitrogens with one attached hydrogen (secondary N) is 1. The zero-order valence-electron chi connectivity index (χ0n) is 16.7. The molecule has 1 aliphatic heterocycles. The van der Waals surface area contributed by atoms with E-state index in [2.05, 4.69) is 10.3 Å². The normalized spacial score (nSPS) is 15.2. The molecule has 1 saturated heterocycles. The average Bonchev–Trinajstić information content (AvgIpc) is 3.25. The Bertz CT molecular complexity index is 1490. The zero-order chi connectivity index (χ0) is 22.3. The average molecular weight is 471 g/mol. The lowest BCUT2D eigenvalue weighted by Gasteiger charge is -2.26. The largest absolute Gasteiger partial charge is 0.379 e. The third kappa shape index (κ3) is 3.69. The van der Waals surface area contributed by atoms with Gasteiger partial charge in [0.1, 0.15) is 10.5 Å². The number of sulfonamides is 1. The Morgan fingerprint density at radius 1 is 1.09 bits per heavy atom. The highest BCUT2D eigenvalue weighted by atomic mass is 32.2. The number of nitrogens with zero attached hydrogens (tertiary/aromatic N) is 3. The molecule has 1 N–H and O–H groups in total. The lowest BCUT2D eigenvalue weighted by Crippen LogP contribution is -2.40. The van der Waals surface area contributed by atoms with E-state index in [0.29, 0.717) is 52.7 Å². The second-order valence-electron chi connectivity index (χ2n) is 7.17. The van der Waals surface area contributed by atoms with E-state index in [0.717, 1.165) is 11.3 Å². The molecule has 0 bridgehead atoms. The van der Waals surface area contributed by atoms with Gasteiger partial charge in [0.15, 0.2) is 0 Å². The molecule has 0 spiro atoms. The van der Waals surface area contributed by atoms with Crippen LogP contribution >= 0.6 is 11.3 Å². The first kappa shape index (κ1) is 20.8. The SMILES string of the molecule is O=C(Nc1ccc(S(=O)(=O)N2CCOCC2)cc1)c1cc2c(=O)n3ccccc3nc2s1. The summed E-state index contributed by atoms with van der Waals surface area (Å²) in [5.41, 5.74) is 0.720. The highest BCUT2D eigenvalue weighted by Crippen LogP contribution is 2.24. The van der Waals surface area contributed by atoms with Crippen molar-refractivity contribution in [2.24, 2.45) is 0 Å². The maximum absolute atomic E-state index is 12.7. The molecule has 1 aliphatic rings. The fourth-order valence-electron chi connectivity index (χ4n) is 3.50.